The lowest BCUT2D eigenvalue weighted by molar-refractivity contribution is -0.641. The van der Waals surface area contributed by atoms with E-state index in [2.05, 4.69) is 52.6 Å². The summed E-state index contributed by atoms with van der Waals surface area (Å²) in [5, 5.41) is 7.25. The van der Waals surface area contributed by atoms with Crippen molar-refractivity contribution in [2.24, 2.45) is 7.05 Å². The number of halogens is 1. The Bertz CT molecular complexity index is 533. The normalized spacial score (nSPS) is 15.7. The average Bonchev–Trinajstić information content (AvgIpc) is 2.82. The van der Waals surface area contributed by atoms with Crippen molar-refractivity contribution in [1.29, 1.82) is 0 Å². The highest BCUT2D eigenvalue weighted by Crippen LogP contribution is 2.25. The Labute approximate surface area is 142 Å². The zero-order valence-corrected chi connectivity index (χ0v) is 14.8. The van der Waals surface area contributed by atoms with Gasteiger partial charge < -0.3 is 24.0 Å². The minimum Gasteiger partial charge on any atom is -1.00 e. The van der Waals surface area contributed by atoms with Crippen molar-refractivity contribution in [3.8, 4) is 11.3 Å². The zero-order chi connectivity index (χ0) is 13.1. The molecule has 0 atom stereocenters. The molecule has 0 unspecified atom stereocenters. The van der Waals surface area contributed by atoms with Gasteiger partial charge in [0, 0.05) is 10.9 Å². The Hall–Kier alpha value is -0.620. The molecule has 1 N–H and O–H groups in total. The summed E-state index contributed by atoms with van der Waals surface area (Å²) in [6.45, 7) is 0. The van der Waals surface area contributed by atoms with Gasteiger partial charge in [-0.05, 0) is 25.7 Å². The minimum atomic E-state index is 0. The van der Waals surface area contributed by atoms with Gasteiger partial charge in [-0.15, -0.1) is 0 Å². The van der Waals surface area contributed by atoms with Gasteiger partial charge in [0.1, 0.15) is 5.69 Å². The SMILES string of the molecule is C[n+]1c(-c2ccccc2)csc1NC1CCCCC1.[I-]. The fourth-order valence-electron chi connectivity index (χ4n) is 2.80. The number of hydrogen-bond donors (Lipinski definition) is 1. The van der Waals surface area contributed by atoms with Crippen LogP contribution in [0.2, 0.25) is 0 Å². The molecule has 1 heterocycles. The summed E-state index contributed by atoms with van der Waals surface area (Å²) in [6.07, 6.45) is 6.79. The average molecular weight is 400 g/mol. The third-order valence-electron chi connectivity index (χ3n) is 3.95. The molecule has 0 saturated heterocycles. The predicted octanol–water partition coefficient (Wildman–Crippen LogP) is 0.988. The molecule has 0 spiro atoms. The minimum absolute atomic E-state index is 0. The number of thiazole rings is 1. The van der Waals surface area contributed by atoms with E-state index in [4.69, 9.17) is 0 Å². The van der Waals surface area contributed by atoms with Gasteiger partial charge in [-0.1, -0.05) is 48.1 Å². The fourth-order valence-corrected chi connectivity index (χ4v) is 3.81. The first-order valence-electron chi connectivity index (χ1n) is 7.14. The summed E-state index contributed by atoms with van der Waals surface area (Å²) in [6, 6.07) is 11.3. The van der Waals surface area contributed by atoms with Crippen molar-refractivity contribution in [1.82, 2.24) is 0 Å². The van der Waals surface area contributed by atoms with Crippen molar-refractivity contribution in [2.75, 3.05) is 5.32 Å². The Balaban J connectivity index is 0.00000147. The molecule has 20 heavy (non-hydrogen) atoms. The summed E-state index contributed by atoms with van der Waals surface area (Å²) in [5.41, 5.74) is 2.59. The quantitative estimate of drug-likeness (QED) is 0.601. The summed E-state index contributed by atoms with van der Waals surface area (Å²) < 4.78 is 2.29. The maximum absolute atomic E-state index is 3.72. The van der Waals surface area contributed by atoms with Crippen molar-refractivity contribution in [3.63, 3.8) is 0 Å². The predicted molar refractivity (Wildman–Crippen MR) is 81.4 cm³/mol. The van der Waals surface area contributed by atoms with Crippen molar-refractivity contribution in [3.05, 3.63) is 35.7 Å². The molecule has 0 bridgehead atoms. The lowest BCUT2D eigenvalue weighted by atomic mass is 9.96. The molecule has 0 aliphatic heterocycles. The van der Waals surface area contributed by atoms with Crippen molar-refractivity contribution < 1.29 is 28.5 Å². The monoisotopic (exact) mass is 400 g/mol. The Morgan fingerprint density at radius 2 is 1.80 bits per heavy atom. The van der Waals surface area contributed by atoms with Gasteiger partial charge in [0.05, 0.1) is 13.1 Å². The Morgan fingerprint density at radius 1 is 1.10 bits per heavy atom. The third-order valence-corrected chi connectivity index (χ3v) is 4.91. The lowest BCUT2D eigenvalue weighted by Gasteiger charge is -2.18. The highest BCUT2D eigenvalue weighted by Gasteiger charge is 2.22. The molecule has 1 saturated carbocycles. The number of nitrogens with one attached hydrogen (secondary N) is 1. The molecule has 0 amide bonds. The number of benzene rings is 1. The van der Waals surface area contributed by atoms with Crippen molar-refractivity contribution >= 4 is 16.5 Å². The second kappa shape index (κ2) is 7.41. The molecule has 1 aromatic carbocycles. The van der Waals surface area contributed by atoms with Crippen LogP contribution >= 0.6 is 11.3 Å². The maximum Gasteiger partial charge on any atom is 0.334 e. The van der Waals surface area contributed by atoms with E-state index in [0.717, 1.165) is 0 Å². The van der Waals surface area contributed by atoms with Gasteiger partial charge in [0.2, 0.25) is 0 Å². The number of anilines is 1. The molecule has 4 heteroatoms. The van der Waals surface area contributed by atoms with E-state index in [1.807, 2.05) is 11.3 Å². The molecular weight excluding hydrogens is 379 g/mol. The van der Waals surface area contributed by atoms with Crippen LogP contribution in [0.4, 0.5) is 5.13 Å². The number of rotatable bonds is 3. The van der Waals surface area contributed by atoms with Gasteiger partial charge in [0.25, 0.3) is 0 Å². The highest BCUT2D eigenvalue weighted by molar-refractivity contribution is 7.13. The van der Waals surface area contributed by atoms with Crippen LogP contribution in [-0.4, -0.2) is 6.04 Å². The summed E-state index contributed by atoms with van der Waals surface area (Å²) >= 11 is 1.82. The number of hydrogen-bond acceptors (Lipinski definition) is 2. The standard InChI is InChI=1S/C16H20N2S.HI/c1-18-15(13-8-4-2-5-9-13)12-19-16(18)17-14-10-6-3-7-11-14;/h2,4-5,8-9,12,14H,3,6-7,10-11H2,1H3;1H. The molecule has 1 aliphatic carbocycles. The lowest BCUT2D eigenvalue weighted by Crippen LogP contribution is -3.00. The summed E-state index contributed by atoms with van der Waals surface area (Å²) in [7, 11) is 2.16. The van der Waals surface area contributed by atoms with E-state index in [-0.39, 0.29) is 24.0 Å². The van der Waals surface area contributed by atoms with Crippen LogP contribution in [-0.2, 0) is 7.05 Å². The molecular formula is C16H21IN2S. The second-order valence-electron chi connectivity index (χ2n) is 5.33. The van der Waals surface area contributed by atoms with Gasteiger partial charge in [-0.25, -0.2) is 4.57 Å². The van der Waals surface area contributed by atoms with Crippen LogP contribution < -0.4 is 33.9 Å². The van der Waals surface area contributed by atoms with Crippen LogP contribution in [0.1, 0.15) is 32.1 Å². The van der Waals surface area contributed by atoms with E-state index in [1.165, 1.54) is 48.5 Å². The summed E-state index contributed by atoms with van der Waals surface area (Å²) in [5.74, 6) is 0. The molecule has 2 nitrogen and oxygen atoms in total. The molecule has 2 aromatic rings. The first kappa shape index (κ1) is 15.8. The molecule has 1 aromatic heterocycles. The largest absolute Gasteiger partial charge is 1.00 e. The maximum atomic E-state index is 3.72. The van der Waals surface area contributed by atoms with E-state index < -0.39 is 0 Å². The second-order valence-corrected chi connectivity index (χ2v) is 6.19. The van der Waals surface area contributed by atoms with E-state index in [9.17, 15) is 0 Å². The number of aromatic nitrogens is 1. The highest BCUT2D eigenvalue weighted by atomic mass is 127. The fraction of sp³-hybridized carbons (Fsp3) is 0.438. The van der Waals surface area contributed by atoms with Gasteiger partial charge in [0.15, 0.2) is 0 Å². The van der Waals surface area contributed by atoms with E-state index >= 15 is 0 Å². The summed E-state index contributed by atoms with van der Waals surface area (Å²) in [4.78, 5) is 0. The van der Waals surface area contributed by atoms with Gasteiger partial charge in [-0.3, -0.25) is 5.32 Å². The first-order valence-corrected chi connectivity index (χ1v) is 8.02. The molecule has 3 rings (SSSR count). The van der Waals surface area contributed by atoms with Crippen LogP contribution in [0, 0.1) is 0 Å². The van der Waals surface area contributed by atoms with E-state index in [0.29, 0.717) is 6.04 Å². The molecule has 0 radical (unpaired) electrons. The van der Waals surface area contributed by atoms with Crippen LogP contribution in [0.25, 0.3) is 11.3 Å². The van der Waals surface area contributed by atoms with Crippen molar-refractivity contribution in [2.45, 2.75) is 38.1 Å². The topological polar surface area (TPSA) is 15.9 Å². The molecule has 108 valence electrons. The Kier molecular flexibility index (Phi) is 5.84. The van der Waals surface area contributed by atoms with Crippen LogP contribution in [0.5, 0.6) is 0 Å². The molecule has 1 aliphatic rings. The molecule has 1 fully saturated rings. The van der Waals surface area contributed by atoms with Crippen LogP contribution in [0.15, 0.2) is 35.7 Å². The van der Waals surface area contributed by atoms with Gasteiger partial charge in [-0.2, -0.15) is 0 Å². The first-order chi connectivity index (χ1) is 9.34. The van der Waals surface area contributed by atoms with Gasteiger partial charge >= 0.3 is 5.13 Å². The zero-order valence-electron chi connectivity index (χ0n) is 11.8. The Morgan fingerprint density at radius 3 is 2.50 bits per heavy atom. The van der Waals surface area contributed by atoms with Crippen LogP contribution in [0.3, 0.4) is 0 Å². The third kappa shape index (κ3) is 3.52. The number of nitrogens with zero attached hydrogens (tertiary/aromatic N) is 1. The smallest absolute Gasteiger partial charge is 0.334 e. The van der Waals surface area contributed by atoms with E-state index in [1.54, 1.807) is 0 Å².